The van der Waals surface area contributed by atoms with E-state index in [1.165, 1.54) is 0 Å². The lowest BCUT2D eigenvalue weighted by atomic mass is 9.77. The summed E-state index contributed by atoms with van der Waals surface area (Å²) in [5, 5.41) is 15.2. The topological polar surface area (TPSA) is 61.4 Å². The molecule has 4 nitrogen and oxygen atoms in total. The van der Waals surface area contributed by atoms with Gasteiger partial charge >= 0.3 is 5.97 Å². The van der Waals surface area contributed by atoms with Crippen LogP contribution in [0.2, 0.25) is 0 Å². The molecule has 0 aromatic heterocycles. The second kappa shape index (κ2) is 3.27. The normalized spacial score (nSPS) is 32.2. The number of hydrogen-bond acceptors (Lipinski definition) is 3. The molecule has 1 atom stereocenters. The van der Waals surface area contributed by atoms with E-state index < -0.39 is 5.97 Å². The Balaban J connectivity index is 1.98. The molecule has 0 saturated carbocycles. The highest BCUT2D eigenvalue weighted by molar-refractivity contribution is 5.74. The van der Waals surface area contributed by atoms with Crippen LogP contribution in [0.5, 0.6) is 0 Å². The number of nitrogens with one attached hydrogen (secondary N) is 2. The zero-order valence-corrected chi connectivity index (χ0v) is 7.68. The number of carboxylic acid groups (broad SMARTS) is 1. The van der Waals surface area contributed by atoms with Gasteiger partial charge in [0.25, 0.3) is 0 Å². The molecule has 3 N–H and O–H groups in total. The van der Waals surface area contributed by atoms with Crippen LogP contribution >= 0.6 is 0 Å². The highest BCUT2D eigenvalue weighted by Crippen LogP contribution is 2.37. The van der Waals surface area contributed by atoms with E-state index in [-0.39, 0.29) is 11.5 Å². The fourth-order valence-corrected chi connectivity index (χ4v) is 2.43. The molecule has 0 unspecified atom stereocenters. The molecule has 2 saturated heterocycles. The lowest BCUT2D eigenvalue weighted by Gasteiger charge is -2.32. The summed E-state index contributed by atoms with van der Waals surface area (Å²) >= 11 is 0. The number of aliphatic carboxylic acids is 1. The molecule has 2 heterocycles. The van der Waals surface area contributed by atoms with Gasteiger partial charge in [-0.05, 0) is 37.8 Å². The number of carboxylic acids is 1. The third kappa shape index (κ3) is 1.69. The molecule has 74 valence electrons. The molecule has 2 fully saturated rings. The van der Waals surface area contributed by atoms with Gasteiger partial charge in [0.1, 0.15) is 6.04 Å². The van der Waals surface area contributed by atoms with Crippen molar-refractivity contribution >= 4 is 5.97 Å². The first kappa shape index (κ1) is 8.97. The monoisotopic (exact) mass is 184 g/mol. The van der Waals surface area contributed by atoms with E-state index >= 15 is 0 Å². The van der Waals surface area contributed by atoms with Crippen LogP contribution in [0.25, 0.3) is 0 Å². The Morgan fingerprint density at radius 2 is 2.08 bits per heavy atom. The number of rotatable bonds is 1. The molecule has 2 aliphatic heterocycles. The summed E-state index contributed by atoms with van der Waals surface area (Å²) in [4.78, 5) is 10.7. The predicted molar refractivity (Wildman–Crippen MR) is 48.6 cm³/mol. The van der Waals surface area contributed by atoms with Crippen LogP contribution in [0.1, 0.15) is 19.3 Å². The quantitative estimate of drug-likeness (QED) is 0.528. The van der Waals surface area contributed by atoms with Gasteiger partial charge in [-0.3, -0.25) is 4.79 Å². The zero-order chi connectivity index (χ0) is 9.31. The summed E-state index contributed by atoms with van der Waals surface area (Å²) < 4.78 is 0. The van der Waals surface area contributed by atoms with Crippen LogP contribution in [-0.4, -0.2) is 36.8 Å². The summed E-state index contributed by atoms with van der Waals surface area (Å²) in [6.45, 7) is 2.95. The minimum atomic E-state index is -0.699. The maximum absolute atomic E-state index is 10.7. The molecule has 4 heteroatoms. The molecule has 2 aliphatic rings. The van der Waals surface area contributed by atoms with Gasteiger partial charge in [0.2, 0.25) is 0 Å². The number of piperidine rings is 1. The van der Waals surface area contributed by atoms with Crippen LogP contribution in [-0.2, 0) is 4.79 Å². The Bertz CT molecular complexity index is 212. The van der Waals surface area contributed by atoms with Crippen LogP contribution in [0.3, 0.4) is 0 Å². The van der Waals surface area contributed by atoms with E-state index in [1.54, 1.807) is 0 Å². The van der Waals surface area contributed by atoms with E-state index in [0.717, 1.165) is 38.9 Å². The minimum absolute atomic E-state index is 0.272. The van der Waals surface area contributed by atoms with Crippen molar-refractivity contribution in [1.82, 2.24) is 10.6 Å². The molecule has 0 aromatic carbocycles. The van der Waals surface area contributed by atoms with Gasteiger partial charge in [0, 0.05) is 6.54 Å². The van der Waals surface area contributed by atoms with Crippen molar-refractivity contribution in [1.29, 1.82) is 0 Å². The van der Waals surface area contributed by atoms with Crippen molar-refractivity contribution in [3.05, 3.63) is 0 Å². The molecular formula is C9H16N2O2. The lowest BCUT2D eigenvalue weighted by molar-refractivity contribution is -0.139. The molecular weight excluding hydrogens is 168 g/mol. The average molecular weight is 184 g/mol. The van der Waals surface area contributed by atoms with Gasteiger partial charge in [-0.2, -0.15) is 0 Å². The largest absolute Gasteiger partial charge is 0.480 e. The molecule has 1 spiro atoms. The van der Waals surface area contributed by atoms with Crippen LogP contribution < -0.4 is 10.6 Å². The Kier molecular flexibility index (Phi) is 2.26. The van der Waals surface area contributed by atoms with Crippen molar-refractivity contribution in [2.75, 3.05) is 19.6 Å². The van der Waals surface area contributed by atoms with Gasteiger partial charge in [-0.15, -0.1) is 0 Å². The second-order valence-corrected chi connectivity index (χ2v) is 4.23. The Labute approximate surface area is 77.7 Å². The van der Waals surface area contributed by atoms with E-state index in [1.807, 2.05) is 0 Å². The first-order valence-electron chi connectivity index (χ1n) is 4.89. The van der Waals surface area contributed by atoms with Crippen molar-refractivity contribution in [2.45, 2.75) is 25.3 Å². The van der Waals surface area contributed by atoms with Crippen molar-refractivity contribution < 1.29 is 9.90 Å². The van der Waals surface area contributed by atoms with Gasteiger partial charge in [-0.25, -0.2) is 0 Å². The average Bonchev–Trinajstić information content (AvgIpc) is 2.51. The molecule has 0 aliphatic carbocycles. The summed E-state index contributed by atoms with van der Waals surface area (Å²) in [6, 6.07) is -0.307. The van der Waals surface area contributed by atoms with E-state index in [0.29, 0.717) is 0 Å². The van der Waals surface area contributed by atoms with Crippen molar-refractivity contribution in [3.63, 3.8) is 0 Å². The molecule has 0 radical (unpaired) electrons. The summed E-state index contributed by atoms with van der Waals surface area (Å²) in [5.74, 6) is -0.699. The maximum Gasteiger partial charge on any atom is 0.320 e. The second-order valence-electron chi connectivity index (χ2n) is 4.23. The van der Waals surface area contributed by atoms with Crippen LogP contribution in [0.4, 0.5) is 0 Å². The third-order valence-corrected chi connectivity index (χ3v) is 3.32. The van der Waals surface area contributed by atoms with Gasteiger partial charge in [-0.1, -0.05) is 0 Å². The molecule has 0 aromatic rings. The van der Waals surface area contributed by atoms with Crippen molar-refractivity contribution in [2.24, 2.45) is 5.41 Å². The SMILES string of the molecule is O=C(O)[C@@H]1CC2(CCNCC2)CN1. The van der Waals surface area contributed by atoms with E-state index in [4.69, 9.17) is 5.11 Å². The zero-order valence-electron chi connectivity index (χ0n) is 7.68. The minimum Gasteiger partial charge on any atom is -0.480 e. The van der Waals surface area contributed by atoms with Gasteiger partial charge in [0.05, 0.1) is 0 Å². The first-order chi connectivity index (χ1) is 6.22. The van der Waals surface area contributed by atoms with E-state index in [2.05, 4.69) is 10.6 Å². The van der Waals surface area contributed by atoms with Crippen LogP contribution in [0.15, 0.2) is 0 Å². The van der Waals surface area contributed by atoms with Gasteiger partial charge in [0.15, 0.2) is 0 Å². The summed E-state index contributed by atoms with van der Waals surface area (Å²) in [6.07, 6.45) is 3.04. The number of hydrogen-bond donors (Lipinski definition) is 3. The number of carbonyl (C=O) groups is 1. The first-order valence-corrected chi connectivity index (χ1v) is 4.89. The standard InChI is InChI=1S/C9H16N2O2/c12-8(13)7-5-9(6-11-7)1-3-10-4-2-9/h7,10-11H,1-6H2,(H,12,13)/t7-/m0/s1. The molecule has 0 bridgehead atoms. The lowest BCUT2D eigenvalue weighted by Crippen LogP contribution is -2.37. The highest BCUT2D eigenvalue weighted by Gasteiger charge is 2.41. The van der Waals surface area contributed by atoms with E-state index in [9.17, 15) is 4.79 Å². The molecule has 13 heavy (non-hydrogen) atoms. The summed E-state index contributed by atoms with van der Waals surface area (Å²) in [7, 11) is 0. The third-order valence-electron chi connectivity index (χ3n) is 3.32. The van der Waals surface area contributed by atoms with Gasteiger partial charge < -0.3 is 15.7 Å². The molecule has 2 rings (SSSR count). The predicted octanol–water partition coefficient (Wildman–Crippen LogP) is -0.197. The highest BCUT2D eigenvalue weighted by atomic mass is 16.4. The van der Waals surface area contributed by atoms with Crippen molar-refractivity contribution in [3.8, 4) is 0 Å². The summed E-state index contributed by atoms with van der Waals surface area (Å²) in [5.41, 5.74) is 0.272. The maximum atomic E-state index is 10.7. The Morgan fingerprint density at radius 3 is 2.62 bits per heavy atom. The fraction of sp³-hybridized carbons (Fsp3) is 0.889. The smallest absolute Gasteiger partial charge is 0.320 e. The Hall–Kier alpha value is -0.610. The van der Waals surface area contributed by atoms with Crippen LogP contribution in [0, 0.1) is 5.41 Å². The Morgan fingerprint density at radius 1 is 1.38 bits per heavy atom. The fourth-order valence-electron chi connectivity index (χ4n) is 2.43. The molecule has 0 amide bonds.